The van der Waals surface area contributed by atoms with Crippen LogP contribution >= 0.6 is 0 Å². The first-order chi connectivity index (χ1) is 8.04. The highest BCUT2D eigenvalue weighted by molar-refractivity contribution is 5.17. The average molecular weight is 245 g/mol. The molecule has 0 radical (unpaired) electrons. The molecule has 5 heteroatoms. The Bertz CT molecular complexity index is 374. The Morgan fingerprint density at radius 1 is 1.29 bits per heavy atom. The topological polar surface area (TPSA) is 22.1 Å². The van der Waals surface area contributed by atoms with Crippen LogP contribution in [0.25, 0.3) is 0 Å². The summed E-state index contributed by atoms with van der Waals surface area (Å²) in [6.45, 7) is 2.33. The zero-order valence-electron chi connectivity index (χ0n) is 9.50. The predicted octanol–water partition coefficient (Wildman–Crippen LogP) is 3.84. The van der Waals surface area contributed by atoms with Crippen molar-refractivity contribution >= 4 is 0 Å². The van der Waals surface area contributed by atoms with E-state index < -0.39 is 11.9 Å². The van der Waals surface area contributed by atoms with Crippen molar-refractivity contribution in [1.82, 2.24) is 4.98 Å². The van der Waals surface area contributed by atoms with E-state index in [2.05, 4.69) is 4.98 Å². The smallest absolute Gasteiger partial charge is 0.433 e. The zero-order chi connectivity index (χ0) is 12.7. The van der Waals surface area contributed by atoms with Crippen molar-refractivity contribution in [2.75, 3.05) is 6.61 Å². The Morgan fingerprint density at radius 2 is 2.06 bits per heavy atom. The first-order valence-electron chi connectivity index (χ1n) is 5.36. The van der Waals surface area contributed by atoms with Gasteiger partial charge in [0.2, 0.25) is 5.88 Å². The maximum Gasteiger partial charge on any atom is 0.433 e. The molecule has 0 saturated carbocycles. The Morgan fingerprint density at radius 3 is 2.71 bits per heavy atom. The van der Waals surface area contributed by atoms with Gasteiger partial charge in [0.1, 0.15) is 5.69 Å². The molecular formula is C12H14F3NO. The van der Waals surface area contributed by atoms with E-state index in [1.54, 1.807) is 0 Å². The summed E-state index contributed by atoms with van der Waals surface area (Å²) in [5, 5.41) is 0. The Kier molecular flexibility index (Phi) is 5.00. The number of rotatable bonds is 5. The molecule has 1 heterocycles. The lowest BCUT2D eigenvalue weighted by Crippen LogP contribution is -2.09. The summed E-state index contributed by atoms with van der Waals surface area (Å²) < 4.78 is 42.1. The molecule has 2 nitrogen and oxygen atoms in total. The van der Waals surface area contributed by atoms with E-state index in [4.69, 9.17) is 4.74 Å². The summed E-state index contributed by atoms with van der Waals surface area (Å²) >= 11 is 0. The molecule has 94 valence electrons. The summed E-state index contributed by atoms with van der Waals surface area (Å²) in [6.07, 6.45) is 1.06. The third-order valence-corrected chi connectivity index (χ3v) is 1.95. The molecule has 1 aromatic rings. The molecule has 0 N–H and O–H groups in total. The van der Waals surface area contributed by atoms with Gasteiger partial charge in [0.05, 0.1) is 6.61 Å². The van der Waals surface area contributed by atoms with Crippen LogP contribution in [-0.2, 0) is 6.18 Å². The second-order valence-corrected chi connectivity index (χ2v) is 3.38. The molecule has 0 amide bonds. The summed E-state index contributed by atoms with van der Waals surface area (Å²) in [7, 11) is 0. The molecule has 0 bridgehead atoms. The predicted molar refractivity (Wildman–Crippen MR) is 58.8 cm³/mol. The van der Waals surface area contributed by atoms with Gasteiger partial charge in [-0.1, -0.05) is 25.1 Å². The van der Waals surface area contributed by atoms with E-state index in [0.717, 1.165) is 12.5 Å². The fourth-order valence-corrected chi connectivity index (χ4v) is 1.17. The van der Waals surface area contributed by atoms with Gasteiger partial charge in [-0.05, 0) is 18.9 Å². The Hall–Kier alpha value is -1.52. The SMILES string of the molecule is CC/C=C\CCOc1cccc(C(F)(F)F)n1. The summed E-state index contributed by atoms with van der Waals surface area (Å²) in [5.41, 5.74) is -0.931. The number of hydrogen-bond acceptors (Lipinski definition) is 2. The molecule has 0 aliphatic heterocycles. The van der Waals surface area contributed by atoms with Crippen molar-refractivity contribution in [3.05, 3.63) is 36.0 Å². The molecule has 0 aliphatic rings. The number of alkyl halides is 3. The number of allylic oxidation sites excluding steroid dienone is 1. The van der Waals surface area contributed by atoms with E-state index in [0.29, 0.717) is 13.0 Å². The molecule has 0 fully saturated rings. The number of nitrogens with zero attached hydrogens (tertiary/aromatic N) is 1. The number of aromatic nitrogens is 1. The molecule has 0 atom stereocenters. The highest BCUT2D eigenvalue weighted by atomic mass is 19.4. The third-order valence-electron chi connectivity index (χ3n) is 1.95. The fraction of sp³-hybridized carbons (Fsp3) is 0.417. The summed E-state index contributed by atoms with van der Waals surface area (Å²) in [6, 6.07) is 3.62. The van der Waals surface area contributed by atoms with Crippen molar-refractivity contribution in [2.24, 2.45) is 0 Å². The molecule has 0 aromatic carbocycles. The molecule has 1 rings (SSSR count). The lowest BCUT2D eigenvalue weighted by molar-refractivity contribution is -0.141. The van der Waals surface area contributed by atoms with Crippen LogP contribution in [0.3, 0.4) is 0 Å². The maximum atomic E-state index is 12.3. The van der Waals surface area contributed by atoms with Gasteiger partial charge in [0.15, 0.2) is 0 Å². The number of halogens is 3. The van der Waals surface area contributed by atoms with Crippen LogP contribution in [0, 0.1) is 0 Å². The molecule has 17 heavy (non-hydrogen) atoms. The Labute approximate surface area is 98.1 Å². The van der Waals surface area contributed by atoms with Crippen LogP contribution in [0.1, 0.15) is 25.5 Å². The molecule has 0 unspecified atom stereocenters. The van der Waals surface area contributed by atoms with E-state index in [1.165, 1.54) is 12.1 Å². The van der Waals surface area contributed by atoms with Crippen LogP contribution in [0.4, 0.5) is 13.2 Å². The number of ether oxygens (including phenoxy) is 1. The van der Waals surface area contributed by atoms with Gasteiger partial charge in [-0.15, -0.1) is 0 Å². The minimum atomic E-state index is -4.43. The monoisotopic (exact) mass is 245 g/mol. The molecule has 0 aliphatic carbocycles. The van der Waals surface area contributed by atoms with E-state index in [-0.39, 0.29) is 5.88 Å². The van der Waals surface area contributed by atoms with Crippen molar-refractivity contribution in [2.45, 2.75) is 25.9 Å². The van der Waals surface area contributed by atoms with Gasteiger partial charge < -0.3 is 4.74 Å². The van der Waals surface area contributed by atoms with E-state index >= 15 is 0 Å². The van der Waals surface area contributed by atoms with Gasteiger partial charge in [0.25, 0.3) is 0 Å². The van der Waals surface area contributed by atoms with Gasteiger partial charge in [-0.3, -0.25) is 0 Å². The zero-order valence-corrected chi connectivity index (χ0v) is 9.50. The second kappa shape index (κ2) is 6.27. The molecular weight excluding hydrogens is 231 g/mol. The highest BCUT2D eigenvalue weighted by Gasteiger charge is 2.32. The van der Waals surface area contributed by atoms with Crippen LogP contribution in [0.15, 0.2) is 30.4 Å². The fourth-order valence-electron chi connectivity index (χ4n) is 1.17. The third kappa shape index (κ3) is 4.89. The van der Waals surface area contributed by atoms with Crippen molar-refractivity contribution in [3.63, 3.8) is 0 Å². The summed E-state index contributed by atoms with van der Waals surface area (Å²) in [4.78, 5) is 3.39. The van der Waals surface area contributed by atoms with Crippen LogP contribution in [-0.4, -0.2) is 11.6 Å². The van der Waals surface area contributed by atoms with Crippen LogP contribution < -0.4 is 4.74 Å². The minimum absolute atomic E-state index is 0.00437. The standard InChI is InChI=1S/C12H14F3NO/c1-2-3-4-5-9-17-11-8-6-7-10(16-11)12(13,14)15/h3-4,6-8H,2,5,9H2,1H3/b4-3-. The van der Waals surface area contributed by atoms with Crippen molar-refractivity contribution < 1.29 is 17.9 Å². The highest BCUT2D eigenvalue weighted by Crippen LogP contribution is 2.28. The lowest BCUT2D eigenvalue weighted by Gasteiger charge is -2.08. The summed E-state index contributed by atoms with van der Waals surface area (Å²) in [5.74, 6) is 0.00437. The van der Waals surface area contributed by atoms with Crippen molar-refractivity contribution in [3.8, 4) is 5.88 Å². The van der Waals surface area contributed by atoms with Gasteiger partial charge in [0, 0.05) is 6.07 Å². The average Bonchev–Trinajstić information content (AvgIpc) is 2.28. The normalized spacial score (nSPS) is 12.0. The van der Waals surface area contributed by atoms with Gasteiger partial charge in [-0.2, -0.15) is 13.2 Å². The van der Waals surface area contributed by atoms with Crippen LogP contribution in [0.2, 0.25) is 0 Å². The van der Waals surface area contributed by atoms with Gasteiger partial charge >= 0.3 is 6.18 Å². The number of hydrogen-bond donors (Lipinski definition) is 0. The first kappa shape index (κ1) is 13.5. The minimum Gasteiger partial charge on any atom is -0.477 e. The molecule has 0 saturated heterocycles. The van der Waals surface area contributed by atoms with Gasteiger partial charge in [-0.25, -0.2) is 4.98 Å². The maximum absolute atomic E-state index is 12.3. The lowest BCUT2D eigenvalue weighted by atomic mass is 10.3. The second-order valence-electron chi connectivity index (χ2n) is 3.38. The molecule has 0 spiro atoms. The quantitative estimate of drug-likeness (QED) is 0.581. The largest absolute Gasteiger partial charge is 0.477 e. The van der Waals surface area contributed by atoms with Crippen LogP contribution in [0.5, 0.6) is 5.88 Å². The van der Waals surface area contributed by atoms with Crippen molar-refractivity contribution in [1.29, 1.82) is 0 Å². The Balaban J connectivity index is 2.52. The first-order valence-corrected chi connectivity index (χ1v) is 5.36. The molecule has 1 aromatic heterocycles. The number of pyridine rings is 1. The van der Waals surface area contributed by atoms with E-state index in [9.17, 15) is 13.2 Å². The van der Waals surface area contributed by atoms with E-state index in [1.807, 2.05) is 19.1 Å².